The first-order valence-electron chi connectivity index (χ1n) is 11.2. The van der Waals surface area contributed by atoms with E-state index in [-0.39, 0.29) is 23.9 Å². The molecule has 1 saturated heterocycles. The number of carboxylic acids is 1. The van der Waals surface area contributed by atoms with E-state index in [9.17, 15) is 19.1 Å². The van der Waals surface area contributed by atoms with E-state index in [0.29, 0.717) is 49.4 Å². The number of hydrogen-bond donors (Lipinski definition) is 1. The van der Waals surface area contributed by atoms with Crippen LogP contribution in [0.25, 0.3) is 6.08 Å². The van der Waals surface area contributed by atoms with Gasteiger partial charge in [0.2, 0.25) is 0 Å². The number of rotatable bonds is 8. The zero-order valence-electron chi connectivity index (χ0n) is 19.9. The Kier molecular flexibility index (Phi) is 8.30. The van der Waals surface area contributed by atoms with Crippen molar-refractivity contribution < 1.29 is 28.6 Å². The van der Waals surface area contributed by atoms with Crippen LogP contribution in [0.15, 0.2) is 75.0 Å². The van der Waals surface area contributed by atoms with Crippen LogP contribution in [0.1, 0.15) is 28.4 Å². The highest BCUT2D eigenvalue weighted by Crippen LogP contribution is 2.40. The minimum atomic E-state index is -1.05. The lowest BCUT2D eigenvalue weighted by Gasteiger charge is -2.14. The Morgan fingerprint density at radius 3 is 2.68 bits per heavy atom. The van der Waals surface area contributed by atoms with Gasteiger partial charge in [-0.05, 0) is 82.7 Å². The van der Waals surface area contributed by atoms with Gasteiger partial charge < -0.3 is 14.6 Å². The third kappa shape index (κ3) is 6.03. The lowest BCUT2D eigenvalue weighted by atomic mass is 10.1. The molecule has 0 unspecified atom stereocenters. The molecule has 1 N–H and O–H groups in total. The first kappa shape index (κ1) is 26.4. The summed E-state index contributed by atoms with van der Waals surface area (Å²) in [6, 6.07) is 16.1. The molecule has 1 fully saturated rings. The molecule has 0 atom stereocenters. The Labute approximate surface area is 225 Å². The fraction of sp³-hybridized carbons (Fsp3) is 0.148. The average molecular weight is 585 g/mol. The second kappa shape index (κ2) is 11.6. The number of amidine groups is 1. The van der Waals surface area contributed by atoms with Crippen LogP contribution in [0, 0.1) is 5.82 Å². The molecular formula is C27H22BrFN2O5S. The number of carbonyl (C=O) groups is 2. The Balaban J connectivity index is 1.60. The van der Waals surface area contributed by atoms with Gasteiger partial charge >= 0.3 is 5.97 Å². The van der Waals surface area contributed by atoms with E-state index in [2.05, 4.69) is 20.9 Å². The van der Waals surface area contributed by atoms with Gasteiger partial charge in [0.15, 0.2) is 16.7 Å². The first-order chi connectivity index (χ1) is 17.8. The van der Waals surface area contributed by atoms with Crippen LogP contribution in [-0.4, -0.2) is 40.7 Å². The average Bonchev–Trinajstić information content (AvgIpc) is 3.17. The number of carbonyl (C=O) groups excluding carboxylic acids is 1. The number of hydrogen-bond acceptors (Lipinski definition) is 6. The Morgan fingerprint density at radius 2 is 1.97 bits per heavy atom. The zero-order valence-corrected chi connectivity index (χ0v) is 22.3. The largest absolute Gasteiger partial charge is 0.493 e. The van der Waals surface area contributed by atoms with E-state index < -0.39 is 5.97 Å². The molecule has 4 rings (SSSR count). The fourth-order valence-corrected chi connectivity index (χ4v) is 5.21. The van der Waals surface area contributed by atoms with Crippen molar-refractivity contribution in [3.63, 3.8) is 0 Å². The molecule has 0 spiro atoms. The first-order valence-corrected chi connectivity index (χ1v) is 12.8. The van der Waals surface area contributed by atoms with Crippen molar-refractivity contribution in [1.29, 1.82) is 0 Å². The second-order valence-electron chi connectivity index (χ2n) is 7.82. The molecule has 37 heavy (non-hydrogen) atoms. The van der Waals surface area contributed by atoms with E-state index in [0.717, 1.165) is 0 Å². The van der Waals surface area contributed by atoms with Crippen LogP contribution < -0.4 is 9.47 Å². The highest BCUT2D eigenvalue weighted by molar-refractivity contribution is 9.10. The number of benzene rings is 3. The molecule has 3 aromatic rings. The number of amides is 1. The number of nitrogens with zero attached hydrogens (tertiary/aromatic N) is 2. The van der Waals surface area contributed by atoms with Crippen LogP contribution in [-0.2, 0) is 11.4 Å². The van der Waals surface area contributed by atoms with E-state index in [1.165, 1.54) is 42.0 Å². The topological polar surface area (TPSA) is 88.4 Å². The number of halogens is 2. The van der Waals surface area contributed by atoms with Crippen LogP contribution in [0.4, 0.5) is 10.1 Å². The van der Waals surface area contributed by atoms with Crippen molar-refractivity contribution >= 4 is 56.5 Å². The Bertz CT molecular complexity index is 1430. The van der Waals surface area contributed by atoms with Gasteiger partial charge in [0.05, 0.1) is 27.7 Å². The molecule has 190 valence electrons. The molecule has 0 aliphatic carbocycles. The molecule has 0 radical (unpaired) electrons. The molecule has 7 nitrogen and oxygen atoms in total. The normalized spacial score (nSPS) is 15.5. The lowest BCUT2D eigenvalue weighted by Crippen LogP contribution is -2.28. The number of methoxy groups -OCH3 is 1. The van der Waals surface area contributed by atoms with Crippen molar-refractivity contribution in [1.82, 2.24) is 4.90 Å². The summed E-state index contributed by atoms with van der Waals surface area (Å²) in [4.78, 5) is 30.9. The summed E-state index contributed by atoms with van der Waals surface area (Å²) in [5, 5.41) is 9.69. The SMILES string of the molecule is CCN1C(=O)C(=Cc2cc(Br)c(OCc3ccccc3F)c(OC)c2)SC1=Nc1cccc(C(=O)O)c1. The Morgan fingerprint density at radius 1 is 1.19 bits per heavy atom. The van der Waals surface area contributed by atoms with Gasteiger partial charge in [-0.2, -0.15) is 0 Å². The lowest BCUT2D eigenvalue weighted by molar-refractivity contribution is -0.122. The molecule has 1 amide bonds. The maximum Gasteiger partial charge on any atom is 0.335 e. The summed E-state index contributed by atoms with van der Waals surface area (Å²) < 4.78 is 25.9. The second-order valence-corrected chi connectivity index (χ2v) is 9.69. The van der Waals surface area contributed by atoms with Gasteiger partial charge in [-0.15, -0.1) is 0 Å². The number of carboxylic acid groups (broad SMARTS) is 1. The number of ether oxygens (including phenoxy) is 2. The van der Waals surface area contributed by atoms with Gasteiger partial charge in [0.1, 0.15) is 12.4 Å². The molecule has 10 heteroatoms. The predicted octanol–water partition coefficient (Wildman–Crippen LogP) is 6.50. The van der Waals surface area contributed by atoms with Gasteiger partial charge in [0.25, 0.3) is 5.91 Å². The van der Waals surface area contributed by atoms with Crippen LogP contribution >= 0.6 is 27.7 Å². The molecule has 3 aromatic carbocycles. The summed E-state index contributed by atoms with van der Waals surface area (Å²) >= 11 is 4.69. The molecular weight excluding hydrogens is 563 g/mol. The standard InChI is InChI=1S/C27H22BrFN2O5S/c1-3-31-25(32)23(37-27(31)30-19-9-6-8-17(14-19)26(33)34)13-16-11-20(28)24(22(12-16)35-2)36-15-18-7-4-5-10-21(18)29/h4-14H,3,15H2,1-2H3,(H,33,34). The smallest absolute Gasteiger partial charge is 0.335 e. The molecule has 1 heterocycles. The van der Waals surface area contributed by atoms with Gasteiger partial charge in [0, 0.05) is 12.1 Å². The van der Waals surface area contributed by atoms with E-state index in [1.807, 2.05) is 6.92 Å². The van der Waals surface area contributed by atoms with E-state index in [4.69, 9.17) is 9.47 Å². The summed E-state index contributed by atoms with van der Waals surface area (Å²) in [7, 11) is 1.50. The van der Waals surface area contributed by atoms with Crippen molar-refractivity contribution in [3.05, 3.63) is 92.5 Å². The van der Waals surface area contributed by atoms with Gasteiger partial charge in [-0.25, -0.2) is 14.2 Å². The quantitative estimate of drug-likeness (QED) is 0.304. The van der Waals surface area contributed by atoms with Crippen molar-refractivity contribution in [2.45, 2.75) is 13.5 Å². The van der Waals surface area contributed by atoms with Crippen LogP contribution in [0.2, 0.25) is 0 Å². The minimum Gasteiger partial charge on any atom is -0.493 e. The number of likely N-dealkylation sites (N-methyl/N-ethyl adjacent to an activating group) is 1. The van der Waals surface area contributed by atoms with E-state index in [1.54, 1.807) is 48.5 Å². The van der Waals surface area contributed by atoms with Gasteiger partial charge in [-0.1, -0.05) is 24.3 Å². The molecule has 0 aromatic heterocycles. The van der Waals surface area contributed by atoms with Crippen molar-refractivity contribution in [2.24, 2.45) is 4.99 Å². The van der Waals surface area contributed by atoms with Crippen molar-refractivity contribution in [3.8, 4) is 11.5 Å². The monoisotopic (exact) mass is 584 g/mol. The van der Waals surface area contributed by atoms with Crippen LogP contribution in [0.3, 0.4) is 0 Å². The van der Waals surface area contributed by atoms with Crippen molar-refractivity contribution in [2.75, 3.05) is 13.7 Å². The molecule has 0 bridgehead atoms. The zero-order chi connectivity index (χ0) is 26.5. The highest BCUT2D eigenvalue weighted by Gasteiger charge is 2.32. The Hall–Kier alpha value is -3.63. The number of thioether (sulfide) groups is 1. The molecule has 1 aliphatic rings. The predicted molar refractivity (Wildman–Crippen MR) is 145 cm³/mol. The fourth-order valence-electron chi connectivity index (χ4n) is 3.57. The number of aromatic carboxylic acids is 1. The maximum absolute atomic E-state index is 14.0. The summed E-state index contributed by atoms with van der Waals surface area (Å²) in [6.07, 6.45) is 1.72. The minimum absolute atomic E-state index is 0.0186. The summed E-state index contributed by atoms with van der Waals surface area (Å²) in [6.45, 7) is 2.26. The third-order valence-corrected chi connectivity index (χ3v) is 7.00. The highest BCUT2D eigenvalue weighted by atomic mass is 79.9. The maximum atomic E-state index is 14.0. The molecule has 0 saturated carbocycles. The summed E-state index contributed by atoms with van der Waals surface area (Å²) in [5.41, 5.74) is 1.65. The number of aliphatic imine (C=N–C) groups is 1. The molecule has 1 aliphatic heterocycles. The van der Waals surface area contributed by atoms with Crippen LogP contribution in [0.5, 0.6) is 11.5 Å². The summed E-state index contributed by atoms with van der Waals surface area (Å²) in [5.74, 6) is -0.793. The van der Waals surface area contributed by atoms with E-state index >= 15 is 0 Å². The third-order valence-electron chi connectivity index (χ3n) is 5.40. The van der Waals surface area contributed by atoms with Gasteiger partial charge in [-0.3, -0.25) is 9.69 Å².